The molecule has 1 unspecified atom stereocenters. The molecule has 0 aromatic heterocycles. The Morgan fingerprint density at radius 2 is 1.81 bits per heavy atom. The van der Waals surface area contributed by atoms with Crippen LogP contribution in [0.2, 0.25) is 0 Å². The van der Waals surface area contributed by atoms with E-state index in [1.807, 2.05) is 0 Å². The highest BCUT2D eigenvalue weighted by Gasteiger charge is 2.25. The SMILES string of the molecule is COc1cc(OC)c(C(=O)CCCN2CCCC(C(=O)O)C2)c(OC)c1. The van der Waals surface area contributed by atoms with E-state index in [1.54, 1.807) is 19.2 Å². The normalized spacial score (nSPS) is 17.6. The molecule has 1 aliphatic rings. The van der Waals surface area contributed by atoms with Gasteiger partial charge in [-0.2, -0.15) is 0 Å². The van der Waals surface area contributed by atoms with Gasteiger partial charge in [-0.05, 0) is 32.4 Å². The van der Waals surface area contributed by atoms with Gasteiger partial charge in [0.15, 0.2) is 5.78 Å². The molecule has 0 saturated carbocycles. The lowest BCUT2D eigenvalue weighted by Gasteiger charge is -2.30. The minimum atomic E-state index is -0.738. The fourth-order valence-corrected chi connectivity index (χ4v) is 3.33. The monoisotopic (exact) mass is 365 g/mol. The van der Waals surface area contributed by atoms with E-state index in [0.717, 1.165) is 19.4 Å². The third kappa shape index (κ3) is 4.88. The van der Waals surface area contributed by atoms with Crippen LogP contribution in [0.15, 0.2) is 12.1 Å². The van der Waals surface area contributed by atoms with Crippen LogP contribution in [0.5, 0.6) is 17.2 Å². The number of hydrogen-bond acceptors (Lipinski definition) is 6. The van der Waals surface area contributed by atoms with Gasteiger partial charge in [0.1, 0.15) is 22.8 Å². The molecular formula is C19H27NO6. The van der Waals surface area contributed by atoms with E-state index in [4.69, 9.17) is 19.3 Å². The first-order valence-electron chi connectivity index (χ1n) is 8.78. The van der Waals surface area contributed by atoms with Gasteiger partial charge in [-0.15, -0.1) is 0 Å². The van der Waals surface area contributed by atoms with Gasteiger partial charge in [0.05, 0.1) is 27.2 Å². The molecule has 0 amide bonds. The fraction of sp³-hybridized carbons (Fsp3) is 0.579. The molecule has 7 heteroatoms. The third-order valence-corrected chi connectivity index (χ3v) is 4.73. The van der Waals surface area contributed by atoms with Crippen molar-refractivity contribution in [2.75, 3.05) is 41.0 Å². The summed E-state index contributed by atoms with van der Waals surface area (Å²) in [6.07, 6.45) is 2.60. The number of piperidine rings is 1. The molecule has 144 valence electrons. The van der Waals surface area contributed by atoms with Crippen LogP contribution >= 0.6 is 0 Å². The van der Waals surface area contributed by atoms with Gasteiger partial charge in [0.25, 0.3) is 0 Å². The Balaban J connectivity index is 1.98. The van der Waals surface area contributed by atoms with Crippen LogP contribution in [-0.2, 0) is 4.79 Å². The summed E-state index contributed by atoms with van der Waals surface area (Å²) >= 11 is 0. The maximum atomic E-state index is 12.7. The van der Waals surface area contributed by atoms with E-state index in [9.17, 15) is 9.59 Å². The van der Waals surface area contributed by atoms with Crippen molar-refractivity contribution in [3.63, 3.8) is 0 Å². The van der Waals surface area contributed by atoms with Gasteiger partial charge in [0.2, 0.25) is 0 Å². The summed E-state index contributed by atoms with van der Waals surface area (Å²) in [7, 11) is 4.55. The number of ketones is 1. The Morgan fingerprint density at radius 3 is 2.35 bits per heavy atom. The average molecular weight is 365 g/mol. The van der Waals surface area contributed by atoms with Crippen LogP contribution in [-0.4, -0.2) is 62.7 Å². The number of carboxylic acids is 1. The molecule has 1 fully saturated rings. The number of carboxylic acid groups (broad SMARTS) is 1. The summed E-state index contributed by atoms with van der Waals surface area (Å²) in [5.74, 6) is 0.307. The number of carbonyl (C=O) groups excluding carboxylic acids is 1. The first kappa shape index (κ1) is 20.0. The van der Waals surface area contributed by atoms with Crippen molar-refractivity contribution in [2.45, 2.75) is 25.7 Å². The number of likely N-dealkylation sites (tertiary alicyclic amines) is 1. The summed E-state index contributed by atoms with van der Waals surface area (Å²) in [5.41, 5.74) is 0.415. The highest BCUT2D eigenvalue weighted by molar-refractivity contribution is 6.01. The van der Waals surface area contributed by atoms with Crippen molar-refractivity contribution in [3.05, 3.63) is 17.7 Å². The predicted molar refractivity (Wildman–Crippen MR) is 96.5 cm³/mol. The zero-order valence-electron chi connectivity index (χ0n) is 15.6. The van der Waals surface area contributed by atoms with Crippen molar-refractivity contribution < 1.29 is 28.9 Å². The lowest BCUT2D eigenvalue weighted by molar-refractivity contribution is -0.143. The van der Waals surface area contributed by atoms with Gasteiger partial charge in [-0.3, -0.25) is 9.59 Å². The van der Waals surface area contributed by atoms with E-state index in [2.05, 4.69) is 4.90 Å². The number of hydrogen-bond donors (Lipinski definition) is 1. The van der Waals surface area contributed by atoms with Gasteiger partial charge >= 0.3 is 5.97 Å². The second-order valence-electron chi connectivity index (χ2n) is 6.41. The number of rotatable bonds is 9. The second kappa shape index (κ2) is 9.43. The number of methoxy groups -OCH3 is 3. The molecule has 0 spiro atoms. The Bertz CT molecular complexity index is 620. The van der Waals surface area contributed by atoms with E-state index < -0.39 is 5.97 Å². The number of Topliss-reactive ketones (excluding diaryl/α,β-unsaturated/α-hetero) is 1. The van der Waals surface area contributed by atoms with Crippen molar-refractivity contribution in [1.82, 2.24) is 4.90 Å². The number of nitrogens with zero attached hydrogens (tertiary/aromatic N) is 1. The van der Waals surface area contributed by atoms with Crippen LogP contribution in [0, 0.1) is 5.92 Å². The molecule has 0 aliphatic carbocycles. The smallest absolute Gasteiger partial charge is 0.307 e. The van der Waals surface area contributed by atoms with Crippen LogP contribution in [0.25, 0.3) is 0 Å². The maximum absolute atomic E-state index is 12.7. The molecule has 1 aromatic carbocycles. The Labute approximate surface area is 153 Å². The van der Waals surface area contributed by atoms with Gasteiger partial charge in [-0.25, -0.2) is 0 Å². The zero-order valence-corrected chi connectivity index (χ0v) is 15.6. The van der Waals surface area contributed by atoms with Crippen LogP contribution in [0.3, 0.4) is 0 Å². The first-order chi connectivity index (χ1) is 12.5. The quantitative estimate of drug-likeness (QED) is 0.673. The molecule has 0 radical (unpaired) electrons. The average Bonchev–Trinajstić information content (AvgIpc) is 2.66. The molecule has 1 aromatic rings. The number of benzene rings is 1. The van der Waals surface area contributed by atoms with Gasteiger partial charge < -0.3 is 24.2 Å². The topological polar surface area (TPSA) is 85.3 Å². The summed E-state index contributed by atoms with van der Waals surface area (Å²) < 4.78 is 15.9. The molecule has 2 rings (SSSR count). The summed E-state index contributed by atoms with van der Waals surface area (Å²) in [5, 5.41) is 9.16. The lowest BCUT2D eigenvalue weighted by atomic mass is 9.97. The van der Waals surface area contributed by atoms with Crippen LogP contribution < -0.4 is 14.2 Å². The minimum Gasteiger partial charge on any atom is -0.496 e. The number of ether oxygens (including phenoxy) is 3. The van der Waals surface area contributed by atoms with E-state index in [1.165, 1.54) is 14.2 Å². The summed E-state index contributed by atoms with van der Waals surface area (Å²) in [4.78, 5) is 26.0. The zero-order chi connectivity index (χ0) is 19.1. The largest absolute Gasteiger partial charge is 0.496 e. The molecule has 1 atom stereocenters. The first-order valence-corrected chi connectivity index (χ1v) is 8.78. The van der Waals surface area contributed by atoms with Crippen molar-refractivity contribution in [1.29, 1.82) is 0 Å². The maximum Gasteiger partial charge on any atom is 0.307 e. The van der Waals surface area contributed by atoms with E-state index in [0.29, 0.717) is 48.7 Å². The predicted octanol–water partition coefficient (Wildman–Crippen LogP) is 2.47. The molecule has 26 heavy (non-hydrogen) atoms. The highest BCUT2D eigenvalue weighted by atomic mass is 16.5. The summed E-state index contributed by atoms with van der Waals surface area (Å²) in [6.45, 7) is 2.14. The van der Waals surface area contributed by atoms with E-state index >= 15 is 0 Å². The van der Waals surface area contributed by atoms with E-state index in [-0.39, 0.29) is 11.7 Å². The van der Waals surface area contributed by atoms with Crippen LogP contribution in [0.4, 0.5) is 0 Å². The Hall–Kier alpha value is -2.28. The molecule has 7 nitrogen and oxygen atoms in total. The summed E-state index contributed by atoms with van der Waals surface area (Å²) in [6, 6.07) is 3.33. The van der Waals surface area contributed by atoms with Gasteiger partial charge in [-0.1, -0.05) is 0 Å². The van der Waals surface area contributed by atoms with Crippen molar-refractivity contribution in [3.8, 4) is 17.2 Å². The van der Waals surface area contributed by atoms with Crippen LogP contribution in [0.1, 0.15) is 36.0 Å². The van der Waals surface area contributed by atoms with Crippen molar-refractivity contribution >= 4 is 11.8 Å². The molecule has 1 heterocycles. The molecule has 1 N–H and O–H groups in total. The molecule has 1 saturated heterocycles. The number of aliphatic carboxylic acids is 1. The Morgan fingerprint density at radius 1 is 1.15 bits per heavy atom. The molecule has 1 aliphatic heterocycles. The van der Waals surface area contributed by atoms with Gasteiger partial charge in [0, 0.05) is 25.1 Å². The third-order valence-electron chi connectivity index (χ3n) is 4.73. The standard InChI is InChI=1S/C19H27NO6/c1-24-14-10-16(25-2)18(17(11-14)26-3)15(21)7-5-9-20-8-4-6-13(12-20)19(22)23/h10-11,13H,4-9,12H2,1-3H3,(H,22,23). The molecular weight excluding hydrogens is 338 g/mol. The Kier molecular flexibility index (Phi) is 7.26. The number of carbonyl (C=O) groups is 2. The molecule has 0 bridgehead atoms. The minimum absolute atomic E-state index is 0.0619. The lowest BCUT2D eigenvalue weighted by Crippen LogP contribution is -2.39. The fourth-order valence-electron chi connectivity index (χ4n) is 3.33. The second-order valence-corrected chi connectivity index (χ2v) is 6.41. The van der Waals surface area contributed by atoms with Crippen molar-refractivity contribution in [2.24, 2.45) is 5.92 Å². The highest BCUT2D eigenvalue weighted by Crippen LogP contribution is 2.35.